The lowest BCUT2D eigenvalue weighted by Gasteiger charge is -2.11. The molecule has 0 aliphatic carbocycles. The molecule has 0 aliphatic rings. The standard InChI is InChI=1S/C15H16N4O3S/c1-17(2)23(21,22)11-4-5-14-12(8-11)13(9-18(14)3)15(20)19-7-6-16-10-19/h4-10H,1-3H3. The van der Waals surface area contributed by atoms with E-state index in [1.807, 2.05) is 7.05 Å². The lowest BCUT2D eigenvalue weighted by Crippen LogP contribution is -2.22. The molecule has 3 aromatic rings. The minimum absolute atomic E-state index is 0.154. The van der Waals surface area contributed by atoms with Gasteiger partial charge in [0.15, 0.2) is 0 Å². The second-order valence-corrected chi connectivity index (χ2v) is 7.55. The van der Waals surface area contributed by atoms with E-state index in [0.717, 1.165) is 9.82 Å². The molecular formula is C15H16N4O3S. The Morgan fingerprint density at radius 2 is 2.00 bits per heavy atom. The highest BCUT2D eigenvalue weighted by Gasteiger charge is 2.21. The molecule has 0 amide bonds. The first-order valence-electron chi connectivity index (χ1n) is 6.86. The van der Waals surface area contributed by atoms with E-state index in [1.165, 1.54) is 37.3 Å². The third-order valence-corrected chi connectivity index (χ3v) is 5.52. The molecule has 8 heteroatoms. The molecule has 0 bridgehead atoms. The van der Waals surface area contributed by atoms with Crippen molar-refractivity contribution < 1.29 is 13.2 Å². The van der Waals surface area contributed by atoms with Crippen LogP contribution < -0.4 is 0 Å². The molecule has 0 N–H and O–H groups in total. The zero-order valence-electron chi connectivity index (χ0n) is 13.0. The van der Waals surface area contributed by atoms with Crippen LogP contribution in [-0.4, -0.2) is 46.8 Å². The van der Waals surface area contributed by atoms with Gasteiger partial charge in [-0.1, -0.05) is 0 Å². The maximum atomic E-state index is 12.6. The number of benzene rings is 1. The lowest BCUT2D eigenvalue weighted by atomic mass is 10.1. The van der Waals surface area contributed by atoms with E-state index in [1.54, 1.807) is 29.1 Å². The summed E-state index contributed by atoms with van der Waals surface area (Å²) in [6.45, 7) is 0. The number of aryl methyl sites for hydroxylation is 1. The van der Waals surface area contributed by atoms with Crippen molar-refractivity contribution in [1.82, 2.24) is 18.4 Å². The topological polar surface area (TPSA) is 77.2 Å². The van der Waals surface area contributed by atoms with E-state index in [4.69, 9.17) is 0 Å². The van der Waals surface area contributed by atoms with Gasteiger partial charge in [0.2, 0.25) is 10.0 Å². The maximum Gasteiger partial charge on any atom is 0.265 e. The van der Waals surface area contributed by atoms with Gasteiger partial charge in [-0.25, -0.2) is 17.7 Å². The molecule has 0 spiro atoms. The van der Waals surface area contributed by atoms with Crippen LogP contribution in [0.5, 0.6) is 0 Å². The van der Waals surface area contributed by atoms with Crippen molar-refractivity contribution in [2.75, 3.05) is 14.1 Å². The van der Waals surface area contributed by atoms with Crippen molar-refractivity contribution in [1.29, 1.82) is 0 Å². The molecule has 0 saturated heterocycles. The van der Waals surface area contributed by atoms with Crippen LogP contribution in [0.4, 0.5) is 0 Å². The third-order valence-electron chi connectivity index (χ3n) is 3.71. The van der Waals surface area contributed by atoms with Crippen LogP contribution in [0, 0.1) is 0 Å². The summed E-state index contributed by atoms with van der Waals surface area (Å²) in [5, 5.41) is 0.592. The molecule has 3 rings (SSSR count). The summed E-state index contributed by atoms with van der Waals surface area (Å²) < 4.78 is 28.9. The summed E-state index contributed by atoms with van der Waals surface area (Å²) in [5.41, 5.74) is 1.21. The number of hydrogen-bond donors (Lipinski definition) is 0. The number of rotatable bonds is 3. The average Bonchev–Trinajstić information content (AvgIpc) is 3.14. The van der Waals surface area contributed by atoms with Gasteiger partial charge >= 0.3 is 0 Å². The number of sulfonamides is 1. The molecule has 2 heterocycles. The first-order valence-corrected chi connectivity index (χ1v) is 8.30. The smallest absolute Gasteiger partial charge is 0.265 e. The molecule has 0 radical (unpaired) electrons. The number of carbonyl (C=O) groups is 1. The van der Waals surface area contributed by atoms with E-state index in [9.17, 15) is 13.2 Å². The summed E-state index contributed by atoms with van der Waals surface area (Å²) in [7, 11) is 1.20. The highest BCUT2D eigenvalue weighted by atomic mass is 32.2. The molecule has 23 heavy (non-hydrogen) atoms. The average molecular weight is 332 g/mol. The van der Waals surface area contributed by atoms with E-state index < -0.39 is 10.0 Å². The molecule has 0 fully saturated rings. The summed E-state index contributed by atoms with van der Waals surface area (Å²) in [4.78, 5) is 16.6. The van der Waals surface area contributed by atoms with Crippen LogP contribution in [0.1, 0.15) is 10.4 Å². The SMILES string of the molecule is CN(C)S(=O)(=O)c1ccc2c(c1)c(C(=O)n1ccnc1)cn2C. The Hall–Kier alpha value is -2.45. The Labute approximate surface area is 133 Å². The van der Waals surface area contributed by atoms with Crippen molar-refractivity contribution in [3.05, 3.63) is 48.7 Å². The highest BCUT2D eigenvalue weighted by Crippen LogP contribution is 2.26. The molecule has 0 unspecified atom stereocenters. The summed E-state index contributed by atoms with van der Waals surface area (Å²) >= 11 is 0. The number of carbonyl (C=O) groups excluding carboxylic acids is 1. The van der Waals surface area contributed by atoms with Crippen molar-refractivity contribution in [2.45, 2.75) is 4.90 Å². The van der Waals surface area contributed by atoms with Crippen LogP contribution in [0.25, 0.3) is 10.9 Å². The summed E-state index contributed by atoms with van der Waals surface area (Å²) in [6.07, 6.45) is 6.19. The minimum Gasteiger partial charge on any atom is -0.350 e. The molecule has 0 saturated carbocycles. The monoisotopic (exact) mass is 332 g/mol. The minimum atomic E-state index is -3.56. The Morgan fingerprint density at radius 1 is 1.26 bits per heavy atom. The molecule has 2 aromatic heterocycles. The Bertz CT molecular complexity index is 985. The van der Waals surface area contributed by atoms with Crippen LogP contribution >= 0.6 is 0 Å². The van der Waals surface area contributed by atoms with E-state index in [-0.39, 0.29) is 10.8 Å². The van der Waals surface area contributed by atoms with Crippen molar-refractivity contribution in [3.63, 3.8) is 0 Å². The predicted octanol–water partition coefficient (Wildman–Crippen LogP) is 1.31. The Kier molecular flexibility index (Phi) is 3.57. The normalized spacial score (nSPS) is 12.2. The Morgan fingerprint density at radius 3 is 2.61 bits per heavy atom. The van der Waals surface area contributed by atoms with Gasteiger partial charge in [-0.15, -0.1) is 0 Å². The van der Waals surface area contributed by atoms with Gasteiger partial charge in [0.1, 0.15) is 6.33 Å². The van der Waals surface area contributed by atoms with E-state index >= 15 is 0 Å². The van der Waals surface area contributed by atoms with Gasteiger partial charge in [0.25, 0.3) is 5.91 Å². The largest absolute Gasteiger partial charge is 0.350 e. The fraction of sp³-hybridized carbons (Fsp3) is 0.200. The Balaban J connectivity index is 2.22. The number of fused-ring (bicyclic) bond motifs is 1. The molecule has 1 aromatic carbocycles. The van der Waals surface area contributed by atoms with E-state index in [2.05, 4.69) is 4.98 Å². The molecule has 0 aliphatic heterocycles. The fourth-order valence-electron chi connectivity index (χ4n) is 2.43. The van der Waals surface area contributed by atoms with Gasteiger partial charge in [-0.05, 0) is 18.2 Å². The predicted molar refractivity (Wildman–Crippen MR) is 85.7 cm³/mol. The van der Waals surface area contributed by atoms with Crippen LogP contribution in [-0.2, 0) is 17.1 Å². The van der Waals surface area contributed by atoms with Crippen LogP contribution in [0.3, 0.4) is 0 Å². The van der Waals surface area contributed by atoms with Crippen LogP contribution in [0.2, 0.25) is 0 Å². The molecule has 0 atom stereocenters. The molecule has 7 nitrogen and oxygen atoms in total. The zero-order valence-corrected chi connectivity index (χ0v) is 13.8. The molecular weight excluding hydrogens is 316 g/mol. The number of nitrogens with zero attached hydrogens (tertiary/aromatic N) is 4. The van der Waals surface area contributed by atoms with Gasteiger partial charge < -0.3 is 4.57 Å². The van der Waals surface area contributed by atoms with Gasteiger partial charge in [0.05, 0.1) is 10.5 Å². The second-order valence-electron chi connectivity index (χ2n) is 5.40. The summed E-state index contributed by atoms with van der Waals surface area (Å²) in [6, 6.07) is 4.79. The fourth-order valence-corrected chi connectivity index (χ4v) is 3.36. The lowest BCUT2D eigenvalue weighted by molar-refractivity contribution is 0.0961. The van der Waals surface area contributed by atoms with E-state index in [0.29, 0.717) is 10.9 Å². The number of imidazole rings is 1. The summed E-state index contributed by atoms with van der Waals surface area (Å²) in [5.74, 6) is -0.257. The third kappa shape index (κ3) is 2.45. The number of hydrogen-bond acceptors (Lipinski definition) is 4. The van der Waals surface area contributed by atoms with Gasteiger partial charge in [-0.3, -0.25) is 9.36 Å². The first-order chi connectivity index (χ1) is 10.8. The van der Waals surface area contributed by atoms with Gasteiger partial charge in [-0.2, -0.15) is 0 Å². The van der Waals surface area contributed by atoms with Crippen LogP contribution in [0.15, 0.2) is 48.0 Å². The first kappa shape index (κ1) is 15.4. The second kappa shape index (κ2) is 5.32. The molecule has 120 valence electrons. The van der Waals surface area contributed by atoms with Crippen molar-refractivity contribution >= 4 is 26.8 Å². The van der Waals surface area contributed by atoms with Gasteiger partial charge in [0, 0.05) is 50.6 Å². The zero-order chi connectivity index (χ0) is 16.8. The maximum absolute atomic E-state index is 12.6. The highest BCUT2D eigenvalue weighted by molar-refractivity contribution is 7.89. The quantitative estimate of drug-likeness (QED) is 0.725. The van der Waals surface area contributed by atoms with Crippen molar-refractivity contribution in [3.8, 4) is 0 Å². The van der Waals surface area contributed by atoms with Crippen molar-refractivity contribution in [2.24, 2.45) is 7.05 Å². The number of aromatic nitrogens is 3.